The summed E-state index contributed by atoms with van der Waals surface area (Å²) in [6.45, 7) is 2.00. The molecule has 0 radical (unpaired) electrons. The molecule has 0 unspecified atom stereocenters. The lowest BCUT2D eigenvalue weighted by molar-refractivity contribution is 0.0691. The first-order valence-electron chi connectivity index (χ1n) is 6.90. The number of aromatic carboxylic acids is 1. The van der Waals surface area contributed by atoms with Gasteiger partial charge in [0, 0.05) is 5.56 Å². The summed E-state index contributed by atoms with van der Waals surface area (Å²) in [5.41, 5.74) is 1.66. The van der Waals surface area contributed by atoms with Gasteiger partial charge in [0.25, 0.3) is 0 Å². The molecule has 10 heteroatoms. The summed E-state index contributed by atoms with van der Waals surface area (Å²) in [7, 11) is 2.97. The SMILES string of the molecule is COc1cnc2c(C(=O)O)nn(Cc3ncnc(OC)c3C)c2n1. The lowest BCUT2D eigenvalue weighted by atomic mass is 10.2. The standard InChI is InChI=1S/C14H14N6O4/c1-7-8(16-6-17-13(7)24-3)5-20-12-10(11(19-20)14(21)22)15-4-9(18-12)23-2/h4,6H,5H2,1-3H3,(H,21,22). The van der Waals surface area contributed by atoms with Crippen LogP contribution in [-0.4, -0.2) is 55.0 Å². The monoisotopic (exact) mass is 330 g/mol. The van der Waals surface area contributed by atoms with Gasteiger partial charge in [-0.1, -0.05) is 0 Å². The largest absolute Gasteiger partial charge is 0.481 e. The van der Waals surface area contributed by atoms with Crippen molar-refractivity contribution in [3.8, 4) is 11.8 Å². The number of carbonyl (C=O) groups is 1. The molecule has 3 aromatic rings. The molecule has 3 heterocycles. The summed E-state index contributed by atoms with van der Waals surface area (Å²) in [6, 6.07) is 0. The van der Waals surface area contributed by atoms with E-state index in [0.29, 0.717) is 17.2 Å². The molecule has 0 aliphatic rings. The minimum Gasteiger partial charge on any atom is -0.481 e. The number of rotatable bonds is 5. The Morgan fingerprint density at radius 1 is 1.25 bits per heavy atom. The molecule has 1 N–H and O–H groups in total. The van der Waals surface area contributed by atoms with E-state index < -0.39 is 5.97 Å². The molecule has 3 rings (SSSR count). The van der Waals surface area contributed by atoms with Crippen LogP contribution in [0.5, 0.6) is 11.8 Å². The lowest BCUT2D eigenvalue weighted by Crippen LogP contribution is -2.09. The van der Waals surface area contributed by atoms with Crippen molar-refractivity contribution in [2.24, 2.45) is 0 Å². The summed E-state index contributed by atoms with van der Waals surface area (Å²) in [6.07, 6.45) is 2.72. The van der Waals surface area contributed by atoms with Crippen LogP contribution >= 0.6 is 0 Å². The topological polar surface area (TPSA) is 125 Å². The maximum atomic E-state index is 11.4. The minimum absolute atomic E-state index is 0.182. The van der Waals surface area contributed by atoms with Crippen LogP contribution in [0.25, 0.3) is 11.2 Å². The van der Waals surface area contributed by atoms with Crippen molar-refractivity contribution in [3.63, 3.8) is 0 Å². The van der Waals surface area contributed by atoms with E-state index in [2.05, 4.69) is 25.0 Å². The molecule has 3 aromatic heterocycles. The van der Waals surface area contributed by atoms with Crippen molar-refractivity contribution >= 4 is 17.1 Å². The van der Waals surface area contributed by atoms with E-state index in [-0.39, 0.29) is 23.6 Å². The molecule has 0 saturated heterocycles. The van der Waals surface area contributed by atoms with Gasteiger partial charge in [0.05, 0.1) is 32.7 Å². The van der Waals surface area contributed by atoms with E-state index in [1.54, 1.807) is 0 Å². The smallest absolute Gasteiger partial charge is 0.358 e. The predicted octanol–water partition coefficient (Wildman–Crippen LogP) is 0.688. The number of nitrogens with zero attached hydrogens (tertiary/aromatic N) is 6. The average molecular weight is 330 g/mol. The fourth-order valence-corrected chi connectivity index (χ4v) is 2.25. The van der Waals surface area contributed by atoms with Crippen molar-refractivity contribution in [1.29, 1.82) is 0 Å². The molecular weight excluding hydrogens is 316 g/mol. The Bertz CT molecular complexity index is 923. The number of ether oxygens (including phenoxy) is 2. The Morgan fingerprint density at radius 3 is 2.71 bits per heavy atom. The zero-order valence-electron chi connectivity index (χ0n) is 13.2. The molecular formula is C14H14N6O4. The van der Waals surface area contributed by atoms with Gasteiger partial charge in [-0.05, 0) is 6.92 Å². The van der Waals surface area contributed by atoms with Crippen LogP contribution < -0.4 is 9.47 Å². The molecule has 0 saturated carbocycles. The van der Waals surface area contributed by atoms with Gasteiger partial charge in [-0.15, -0.1) is 0 Å². The highest BCUT2D eigenvalue weighted by molar-refractivity contribution is 5.98. The van der Waals surface area contributed by atoms with E-state index in [0.717, 1.165) is 5.56 Å². The van der Waals surface area contributed by atoms with E-state index in [9.17, 15) is 9.90 Å². The van der Waals surface area contributed by atoms with E-state index in [4.69, 9.17) is 9.47 Å². The second-order valence-electron chi connectivity index (χ2n) is 4.85. The Hall–Kier alpha value is -3.30. The zero-order valence-corrected chi connectivity index (χ0v) is 13.2. The van der Waals surface area contributed by atoms with Gasteiger partial charge in [-0.2, -0.15) is 10.1 Å². The fourth-order valence-electron chi connectivity index (χ4n) is 2.25. The lowest BCUT2D eigenvalue weighted by Gasteiger charge is -2.08. The maximum absolute atomic E-state index is 11.4. The highest BCUT2D eigenvalue weighted by Gasteiger charge is 2.21. The number of carboxylic acids is 1. The van der Waals surface area contributed by atoms with Gasteiger partial charge in [0.15, 0.2) is 11.3 Å². The predicted molar refractivity (Wildman–Crippen MR) is 81.3 cm³/mol. The molecule has 0 bridgehead atoms. The van der Waals surface area contributed by atoms with Crippen LogP contribution in [-0.2, 0) is 6.54 Å². The molecule has 0 spiro atoms. The summed E-state index contributed by atoms with van der Waals surface area (Å²) in [5, 5.41) is 13.4. The maximum Gasteiger partial charge on any atom is 0.358 e. The first kappa shape index (κ1) is 15.6. The van der Waals surface area contributed by atoms with Crippen molar-refractivity contribution in [3.05, 3.63) is 29.5 Å². The van der Waals surface area contributed by atoms with E-state index in [1.807, 2.05) is 6.92 Å². The van der Waals surface area contributed by atoms with Crippen molar-refractivity contribution in [1.82, 2.24) is 29.7 Å². The number of hydrogen-bond donors (Lipinski definition) is 1. The normalized spacial score (nSPS) is 10.8. The first-order valence-corrected chi connectivity index (χ1v) is 6.90. The van der Waals surface area contributed by atoms with Crippen LogP contribution in [0.2, 0.25) is 0 Å². The van der Waals surface area contributed by atoms with Crippen LogP contribution in [0.3, 0.4) is 0 Å². The van der Waals surface area contributed by atoms with Gasteiger partial charge in [0.2, 0.25) is 11.8 Å². The Kier molecular flexibility index (Phi) is 3.94. The minimum atomic E-state index is -1.18. The quantitative estimate of drug-likeness (QED) is 0.719. The molecule has 0 aromatic carbocycles. The van der Waals surface area contributed by atoms with E-state index in [1.165, 1.54) is 31.4 Å². The third-order valence-electron chi connectivity index (χ3n) is 3.47. The first-order chi connectivity index (χ1) is 11.5. The molecule has 0 amide bonds. The average Bonchev–Trinajstić information content (AvgIpc) is 2.95. The summed E-state index contributed by atoms with van der Waals surface area (Å²) < 4.78 is 11.6. The molecule has 124 valence electrons. The second-order valence-corrected chi connectivity index (χ2v) is 4.85. The van der Waals surface area contributed by atoms with Crippen molar-refractivity contribution < 1.29 is 19.4 Å². The van der Waals surface area contributed by atoms with Crippen LogP contribution in [0, 0.1) is 6.92 Å². The summed E-state index contributed by atoms with van der Waals surface area (Å²) in [4.78, 5) is 27.9. The van der Waals surface area contributed by atoms with Crippen LogP contribution in [0.4, 0.5) is 0 Å². The molecule has 0 atom stereocenters. The molecule has 0 aliphatic heterocycles. The number of carboxylic acid groups (broad SMARTS) is 1. The van der Waals surface area contributed by atoms with Gasteiger partial charge in [-0.3, -0.25) is 0 Å². The molecule has 0 aliphatic carbocycles. The molecule has 0 fully saturated rings. The van der Waals surface area contributed by atoms with Gasteiger partial charge in [0.1, 0.15) is 11.8 Å². The highest BCUT2D eigenvalue weighted by Crippen LogP contribution is 2.21. The second kappa shape index (κ2) is 6.07. The Labute approximate surface area is 136 Å². The van der Waals surface area contributed by atoms with Crippen LogP contribution in [0.15, 0.2) is 12.5 Å². The van der Waals surface area contributed by atoms with Crippen molar-refractivity contribution in [2.75, 3.05) is 14.2 Å². The number of hydrogen-bond acceptors (Lipinski definition) is 8. The number of methoxy groups -OCH3 is 2. The van der Waals surface area contributed by atoms with Gasteiger partial charge >= 0.3 is 5.97 Å². The van der Waals surface area contributed by atoms with Crippen LogP contribution in [0.1, 0.15) is 21.7 Å². The van der Waals surface area contributed by atoms with Gasteiger partial charge in [-0.25, -0.2) is 24.4 Å². The number of aromatic nitrogens is 6. The fraction of sp³-hybridized carbons (Fsp3) is 0.286. The van der Waals surface area contributed by atoms with Crippen molar-refractivity contribution in [2.45, 2.75) is 13.5 Å². The number of fused-ring (bicyclic) bond motifs is 1. The summed E-state index contributed by atoms with van der Waals surface area (Å²) >= 11 is 0. The van der Waals surface area contributed by atoms with E-state index >= 15 is 0 Å². The zero-order chi connectivity index (χ0) is 17.3. The highest BCUT2D eigenvalue weighted by atomic mass is 16.5. The third kappa shape index (κ3) is 2.57. The van der Waals surface area contributed by atoms with Gasteiger partial charge < -0.3 is 14.6 Å². The third-order valence-corrected chi connectivity index (χ3v) is 3.47. The Morgan fingerprint density at radius 2 is 2.04 bits per heavy atom. The summed E-state index contributed by atoms with van der Waals surface area (Å²) in [5.74, 6) is -0.480. The molecule has 24 heavy (non-hydrogen) atoms. The molecule has 10 nitrogen and oxygen atoms in total. The Balaban J connectivity index is 2.14.